The molecule has 1 aromatic rings. The van der Waals surface area contributed by atoms with E-state index in [0.717, 1.165) is 12.3 Å². The average molecular weight is 235 g/mol. The molecule has 0 saturated carbocycles. The van der Waals surface area contributed by atoms with Crippen LogP contribution in [0.15, 0.2) is 24.3 Å². The van der Waals surface area contributed by atoms with Crippen LogP contribution in [0.25, 0.3) is 0 Å². The summed E-state index contributed by atoms with van der Waals surface area (Å²) in [4.78, 5) is 0. The molecule has 0 spiro atoms. The summed E-state index contributed by atoms with van der Waals surface area (Å²) in [6.45, 7) is 9.95. The van der Waals surface area contributed by atoms with E-state index in [1.807, 2.05) is 12.1 Å². The standard InChI is InChI=1S/C15H25NO/c1-11(2)16-10-12(3)13(4)14-8-6-7-9-15(14)17-5/h6-9,11-13,16H,10H2,1-5H3. The Balaban J connectivity index is 2.70. The van der Waals surface area contributed by atoms with E-state index in [1.54, 1.807) is 7.11 Å². The highest BCUT2D eigenvalue weighted by Gasteiger charge is 2.17. The van der Waals surface area contributed by atoms with Gasteiger partial charge in [-0.25, -0.2) is 0 Å². The Kier molecular flexibility index (Phi) is 5.49. The highest BCUT2D eigenvalue weighted by atomic mass is 16.5. The topological polar surface area (TPSA) is 21.3 Å². The smallest absolute Gasteiger partial charge is 0.122 e. The first-order valence-electron chi connectivity index (χ1n) is 6.42. The zero-order valence-electron chi connectivity index (χ0n) is 11.7. The molecule has 96 valence electrons. The largest absolute Gasteiger partial charge is 0.496 e. The summed E-state index contributed by atoms with van der Waals surface area (Å²) in [5.74, 6) is 2.09. The van der Waals surface area contributed by atoms with E-state index in [0.29, 0.717) is 17.9 Å². The summed E-state index contributed by atoms with van der Waals surface area (Å²) in [6, 6.07) is 8.84. The first-order valence-corrected chi connectivity index (χ1v) is 6.42. The minimum absolute atomic E-state index is 0.498. The molecular weight excluding hydrogens is 210 g/mol. The quantitative estimate of drug-likeness (QED) is 0.815. The van der Waals surface area contributed by atoms with Crippen molar-refractivity contribution in [2.24, 2.45) is 5.92 Å². The van der Waals surface area contributed by atoms with Gasteiger partial charge in [0.2, 0.25) is 0 Å². The summed E-state index contributed by atoms with van der Waals surface area (Å²) >= 11 is 0. The van der Waals surface area contributed by atoms with E-state index < -0.39 is 0 Å². The van der Waals surface area contributed by atoms with Crippen molar-refractivity contribution >= 4 is 0 Å². The van der Waals surface area contributed by atoms with E-state index in [9.17, 15) is 0 Å². The number of para-hydroxylation sites is 1. The lowest BCUT2D eigenvalue weighted by Gasteiger charge is -2.23. The van der Waals surface area contributed by atoms with Crippen LogP contribution in [0.1, 0.15) is 39.2 Å². The Hall–Kier alpha value is -1.02. The average Bonchev–Trinajstić information content (AvgIpc) is 2.34. The van der Waals surface area contributed by atoms with Crippen molar-refractivity contribution in [2.75, 3.05) is 13.7 Å². The molecule has 2 unspecified atom stereocenters. The van der Waals surface area contributed by atoms with Gasteiger partial charge in [-0.05, 0) is 30.0 Å². The number of rotatable bonds is 6. The monoisotopic (exact) mass is 235 g/mol. The minimum Gasteiger partial charge on any atom is -0.496 e. The van der Waals surface area contributed by atoms with Crippen molar-refractivity contribution in [2.45, 2.75) is 39.7 Å². The van der Waals surface area contributed by atoms with E-state index >= 15 is 0 Å². The van der Waals surface area contributed by atoms with Gasteiger partial charge in [0.25, 0.3) is 0 Å². The molecule has 0 aliphatic rings. The second-order valence-corrected chi connectivity index (χ2v) is 5.07. The van der Waals surface area contributed by atoms with Crippen LogP contribution in [-0.2, 0) is 0 Å². The van der Waals surface area contributed by atoms with Crippen molar-refractivity contribution in [1.29, 1.82) is 0 Å². The van der Waals surface area contributed by atoms with Gasteiger partial charge >= 0.3 is 0 Å². The van der Waals surface area contributed by atoms with Gasteiger partial charge in [-0.2, -0.15) is 0 Å². The van der Waals surface area contributed by atoms with Crippen LogP contribution in [-0.4, -0.2) is 19.7 Å². The highest BCUT2D eigenvalue weighted by molar-refractivity contribution is 5.36. The Labute approximate surface area is 105 Å². The lowest BCUT2D eigenvalue weighted by atomic mass is 9.88. The molecule has 1 N–H and O–H groups in total. The van der Waals surface area contributed by atoms with Crippen LogP contribution in [0, 0.1) is 5.92 Å². The van der Waals surface area contributed by atoms with Crippen molar-refractivity contribution in [3.8, 4) is 5.75 Å². The summed E-state index contributed by atoms with van der Waals surface area (Å²) < 4.78 is 5.42. The third kappa shape index (κ3) is 4.04. The predicted molar refractivity (Wildman–Crippen MR) is 73.7 cm³/mol. The van der Waals surface area contributed by atoms with Crippen molar-refractivity contribution in [1.82, 2.24) is 5.32 Å². The molecule has 0 aliphatic carbocycles. The zero-order valence-corrected chi connectivity index (χ0v) is 11.7. The Bertz CT molecular complexity index is 335. The van der Waals surface area contributed by atoms with E-state index in [-0.39, 0.29) is 0 Å². The summed E-state index contributed by atoms with van der Waals surface area (Å²) in [6.07, 6.45) is 0. The predicted octanol–water partition coefficient (Wildman–Crippen LogP) is 3.43. The lowest BCUT2D eigenvalue weighted by molar-refractivity contribution is 0.385. The molecule has 0 bridgehead atoms. The molecule has 2 atom stereocenters. The van der Waals surface area contributed by atoms with Gasteiger partial charge in [-0.3, -0.25) is 0 Å². The fourth-order valence-electron chi connectivity index (χ4n) is 1.95. The SMILES string of the molecule is COc1ccccc1C(C)C(C)CNC(C)C. The second kappa shape index (κ2) is 6.65. The Morgan fingerprint density at radius 2 is 1.76 bits per heavy atom. The van der Waals surface area contributed by atoms with Crippen LogP contribution < -0.4 is 10.1 Å². The molecule has 2 nitrogen and oxygen atoms in total. The molecule has 1 aromatic carbocycles. The van der Waals surface area contributed by atoms with Gasteiger partial charge in [0, 0.05) is 6.04 Å². The summed E-state index contributed by atoms with van der Waals surface area (Å²) in [5, 5.41) is 3.49. The van der Waals surface area contributed by atoms with Gasteiger partial charge < -0.3 is 10.1 Å². The minimum atomic E-state index is 0.498. The molecule has 0 aromatic heterocycles. The van der Waals surface area contributed by atoms with E-state index in [4.69, 9.17) is 4.74 Å². The van der Waals surface area contributed by atoms with Crippen LogP contribution in [0.5, 0.6) is 5.75 Å². The van der Waals surface area contributed by atoms with Gasteiger partial charge in [-0.1, -0.05) is 45.9 Å². The van der Waals surface area contributed by atoms with Gasteiger partial charge in [0.15, 0.2) is 0 Å². The third-order valence-electron chi connectivity index (χ3n) is 3.33. The maximum Gasteiger partial charge on any atom is 0.122 e. The fourth-order valence-corrected chi connectivity index (χ4v) is 1.95. The van der Waals surface area contributed by atoms with E-state index in [1.165, 1.54) is 5.56 Å². The molecule has 2 heteroatoms. The van der Waals surface area contributed by atoms with Gasteiger partial charge in [-0.15, -0.1) is 0 Å². The maximum atomic E-state index is 5.42. The summed E-state index contributed by atoms with van der Waals surface area (Å²) in [5.41, 5.74) is 1.30. The first-order chi connectivity index (χ1) is 8.06. The number of ether oxygens (including phenoxy) is 1. The number of methoxy groups -OCH3 is 1. The molecule has 0 heterocycles. The van der Waals surface area contributed by atoms with Crippen molar-refractivity contribution in [3.63, 3.8) is 0 Å². The zero-order chi connectivity index (χ0) is 12.8. The molecule has 0 saturated heterocycles. The van der Waals surface area contributed by atoms with Crippen LogP contribution in [0.2, 0.25) is 0 Å². The molecule has 17 heavy (non-hydrogen) atoms. The maximum absolute atomic E-state index is 5.42. The molecule has 1 rings (SSSR count). The first kappa shape index (κ1) is 14.0. The number of hydrogen-bond donors (Lipinski definition) is 1. The Morgan fingerprint density at radius 1 is 1.12 bits per heavy atom. The highest BCUT2D eigenvalue weighted by Crippen LogP contribution is 2.31. The van der Waals surface area contributed by atoms with Crippen LogP contribution in [0.4, 0.5) is 0 Å². The van der Waals surface area contributed by atoms with E-state index in [2.05, 4.69) is 45.1 Å². The molecular formula is C15H25NO. The van der Waals surface area contributed by atoms with Crippen LogP contribution in [0.3, 0.4) is 0 Å². The molecule has 0 amide bonds. The molecule has 0 aliphatic heterocycles. The third-order valence-corrected chi connectivity index (χ3v) is 3.33. The van der Waals surface area contributed by atoms with Crippen LogP contribution >= 0.6 is 0 Å². The van der Waals surface area contributed by atoms with Gasteiger partial charge in [0.05, 0.1) is 7.11 Å². The van der Waals surface area contributed by atoms with Crippen molar-refractivity contribution in [3.05, 3.63) is 29.8 Å². The number of nitrogens with one attached hydrogen (secondary N) is 1. The normalized spacial score (nSPS) is 14.7. The summed E-state index contributed by atoms with van der Waals surface area (Å²) in [7, 11) is 1.74. The second-order valence-electron chi connectivity index (χ2n) is 5.07. The van der Waals surface area contributed by atoms with Gasteiger partial charge in [0.1, 0.15) is 5.75 Å². The number of benzene rings is 1. The number of hydrogen-bond acceptors (Lipinski definition) is 2. The lowest BCUT2D eigenvalue weighted by Crippen LogP contribution is -2.29. The Morgan fingerprint density at radius 3 is 2.35 bits per heavy atom. The molecule has 0 radical (unpaired) electrons. The molecule has 0 fully saturated rings. The van der Waals surface area contributed by atoms with Crippen molar-refractivity contribution < 1.29 is 4.74 Å². The fraction of sp³-hybridized carbons (Fsp3) is 0.600.